The summed E-state index contributed by atoms with van der Waals surface area (Å²) in [6, 6.07) is 13.3. The van der Waals surface area contributed by atoms with Crippen LogP contribution in [0.1, 0.15) is 24.1 Å². The molecule has 0 aliphatic carbocycles. The van der Waals surface area contributed by atoms with Gasteiger partial charge in [-0.25, -0.2) is 4.39 Å². The molecule has 128 valence electrons. The number of rotatable bonds is 6. The maximum absolute atomic E-state index is 13.3. The first kappa shape index (κ1) is 18.4. The summed E-state index contributed by atoms with van der Waals surface area (Å²) in [5, 5.41) is 3.66. The maximum Gasteiger partial charge on any atom is 0.227 e. The Bertz CT molecular complexity index is 627. The third-order valence-corrected chi connectivity index (χ3v) is 4.29. The van der Waals surface area contributed by atoms with Gasteiger partial charge in [-0.05, 0) is 42.4 Å². The third-order valence-electron chi connectivity index (χ3n) is 4.04. The Kier molecular flexibility index (Phi) is 6.35. The number of amides is 1. The van der Waals surface area contributed by atoms with Crippen LogP contribution in [0.15, 0.2) is 48.5 Å². The average molecular weight is 349 g/mol. The van der Waals surface area contributed by atoms with Crippen molar-refractivity contribution in [1.29, 1.82) is 0 Å². The van der Waals surface area contributed by atoms with Crippen molar-refractivity contribution in [3.05, 3.63) is 70.5 Å². The normalized spacial score (nSPS) is 13.4. The van der Waals surface area contributed by atoms with Crippen molar-refractivity contribution in [2.75, 3.05) is 20.6 Å². The quantitative estimate of drug-likeness (QED) is 0.859. The first-order valence-electron chi connectivity index (χ1n) is 7.86. The number of hydrogen-bond donors (Lipinski definition) is 1. The van der Waals surface area contributed by atoms with Crippen molar-refractivity contribution in [2.24, 2.45) is 5.92 Å². The van der Waals surface area contributed by atoms with E-state index in [2.05, 4.69) is 5.32 Å². The first-order chi connectivity index (χ1) is 11.4. The number of benzene rings is 2. The van der Waals surface area contributed by atoms with Gasteiger partial charge in [0.15, 0.2) is 0 Å². The van der Waals surface area contributed by atoms with Crippen LogP contribution in [0.3, 0.4) is 0 Å². The number of nitrogens with zero attached hydrogens (tertiary/aromatic N) is 1. The fourth-order valence-electron chi connectivity index (χ4n) is 2.80. The SMILES string of the molecule is CNCC(C)C(=O)N(C)C(c1ccc(F)cc1)c1ccc(Cl)cc1. The van der Waals surface area contributed by atoms with Crippen molar-refractivity contribution in [1.82, 2.24) is 10.2 Å². The highest BCUT2D eigenvalue weighted by Gasteiger charge is 2.26. The predicted octanol–water partition coefficient (Wildman–Crippen LogP) is 3.88. The van der Waals surface area contributed by atoms with Gasteiger partial charge in [-0.2, -0.15) is 0 Å². The zero-order valence-electron chi connectivity index (χ0n) is 14.1. The van der Waals surface area contributed by atoms with Crippen LogP contribution in [0, 0.1) is 11.7 Å². The van der Waals surface area contributed by atoms with Crippen LogP contribution < -0.4 is 5.32 Å². The zero-order chi connectivity index (χ0) is 17.7. The van der Waals surface area contributed by atoms with Crippen molar-refractivity contribution in [2.45, 2.75) is 13.0 Å². The highest BCUT2D eigenvalue weighted by Crippen LogP contribution is 2.29. The van der Waals surface area contributed by atoms with Gasteiger partial charge in [0.05, 0.1) is 6.04 Å². The predicted molar refractivity (Wildman–Crippen MR) is 95.6 cm³/mol. The Morgan fingerprint density at radius 2 is 1.62 bits per heavy atom. The van der Waals surface area contributed by atoms with Crippen LogP contribution in [-0.2, 0) is 4.79 Å². The van der Waals surface area contributed by atoms with E-state index >= 15 is 0 Å². The van der Waals surface area contributed by atoms with E-state index in [-0.39, 0.29) is 23.7 Å². The highest BCUT2D eigenvalue weighted by molar-refractivity contribution is 6.30. The Balaban J connectivity index is 2.40. The fourth-order valence-corrected chi connectivity index (χ4v) is 2.92. The molecule has 2 rings (SSSR count). The lowest BCUT2D eigenvalue weighted by Gasteiger charge is -2.31. The first-order valence-corrected chi connectivity index (χ1v) is 8.24. The number of carbonyl (C=O) groups is 1. The molecule has 2 atom stereocenters. The van der Waals surface area contributed by atoms with Gasteiger partial charge in [0.2, 0.25) is 5.91 Å². The van der Waals surface area contributed by atoms with E-state index in [1.165, 1.54) is 12.1 Å². The molecule has 2 unspecified atom stereocenters. The summed E-state index contributed by atoms with van der Waals surface area (Å²) in [5.74, 6) is -0.435. The lowest BCUT2D eigenvalue weighted by Crippen LogP contribution is -2.38. The second-order valence-electron chi connectivity index (χ2n) is 5.91. The molecule has 0 aliphatic heterocycles. The number of carbonyl (C=O) groups excluding carboxylic acids is 1. The summed E-state index contributed by atoms with van der Waals surface area (Å²) in [5.41, 5.74) is 1.78. The van der Waals surface area contributed by atoms with Gasteiger partial charge in [-0.15, -0.1) is 0 Å². The minimum absolute atomic E-state index is 0.0219. The smallest absolute Gasteiger partial charge is 0.227 e. The maximum atomic E-state index is 13.3. The Morgan fingerprint density at radius 1 is 1.12 bits per heavy atom. The average Bonchev–Trinajstić information content (AvgIpc) is 2.58. The van der Waals surface area contributed by atoms with E-state index in [0.717, 1.165) is 11.1 Å². The highest BCUT2D eigenvalue weighted by atomic mass is 35.5. The third kappa shape index (κ3) is 4.34. The molecule has 2 aromatic carbocycles. The molecule has 0 fully saturated rings. The number of hydrogen-bond acceptors (Lipinski definition) is 2. The molecule has 3 nitrogen and oxygen atoms in total. The zero-order valence-corrected chi connectivity index (χ0v) is 14.8. The molecule has 0 aromatic heterocycles. The van der Waals surface area contributed by atoms with Crippen LogP contribution in [0.4, 0.5) is 4.39 Å². The summed E-state index contributed by atoms with van der Waals surface area (Å²) >= 11 is 5.98. The van der Waals surface area contributed by atoms with Gasteiger partial charge in [-0.3, -0.25) is 4.79 Å². The lowest BCUT2D eigenvalue weighted by atomic mass is 9.96. The molecule has 1 amide bonds. The van der Waals surface area contributed by atoms with Crippen LogP contribution in [0.2, 0.25) is 5.02 Å². The van der Waals surface area contributed by atoms with Gasteiger partial charge in [0.1, 0.15) is 5.82 Å². The Labute approximate surface area is 147 Å². The van der Waals surface area contributed by atoms with E-state index in [0.29, 0.717) is 11.6 Å². The molecule has 0 radical (unpaired) electrons. The van der Waals surface area contributed by atoms with Crippen molar-refractivity contribution in [3.8, 4) is 0 Å². The molecule has 0 spiro atoms. The number of halogens is 2. The Hall–Kier alpha value is -1.91. The fraction of sp³-hybridized carbons (Fsp3) is 0.316. The van der Waals surface area contributed by atoms with Crippen molar-refractivity contribution >= 4 is 17.5 Å². The van der Waals surface area contributed by atoms with Crippen LogP contribution in [0.5, 0.6) is 0 Å². The summed E-state index contributed by atoms with van der Waals surface area (Å²) in [6.45, 7) is 2.48. The van der Waals surface area contributed by atoms with Crippen molar-refractivity contribution in [3.63, 3.8) is 0 Å². The molecule has 2 aromatic rings. The molecule has 0 saturated heterocycles. The van der Waals surface area contributed by atoms with E-state index in [1.807, 2.05) is 26.1 Å². The standard InChI is InChI=1S/C19H22ClFN2O/c1-13(12-22-2)19(24)23(3)18(14-4-8-16(20)9-5-14)15-6-10-17(21)11-7-15/h4-11,13,18,22H,12H2,1-3H3. The molecule has 24 heavy (non-hydrogen) atoms. The van der Waals surface area contributed by atoms with E-state index < -0.39 is 0 Å². The lowest BCUT2D eigenvalue weighted by molar-refractivity contribution is -0.135. The van der Waals surface area contributed by atoms with Gasteiger partial charge < -0.3 is 10.2 Å². The van der Waals surface area contributed by atoms with Crippen LogP contribution >= 0.6 is 11.6 Å². The number of nitrogens with one attached hydrogen (secondary N) is 1. The Morgan fingerprint density at radius 3 is 2.12 bits per heavy atom. The molecule has 0 aliphatic rings. The molecule has 5 heteroatoms. The van der Waals surface area contributed by atoms with Crippen molar-refractivity contribution < 1.29 is 9.18 Å². The van der Waals surface area contributed by atoms with E-state index in [9.17, 15) is 9.18 Å². The van der Waals surface area contributed by atoms with Gasteiger partial charge in [0, 0.05) is 24.5 Å². The summed E-state index contributed by atoms with van der Waals surface area (Å²) in [6.07, 6.45) is 0. The van der Waals surface area contributed by atoms with Gasteiger partial charge in [0.25, 0.3) is 0 Å². The van der Waals surface area contributed by atoms with E-state index in [4.69, 9.17) is 11.6 Å². The second kappa shape index (κ2) is 8.27. The molecule has 0 saturated carbocycles. The summed E-state index contributed by atoms with van der Waals surface area (Å²) in [4.78, 5) is 14.4. The summed E-state index contributed by atoms with van der Waals surface area (Å²) < 4.78 is 13.3. The molecule has 1 N–H and O–H groups in total. The topological polar surface area (TPSA) is 32.3 Å². The van der Waals surface area contributed by atoms with Crippen LogP contribution in [-0.4, -0.2) is 31.4 Å². The molecule has 0 bridgehead atoms. The van der Waals surface area contributed by atoms with Gasteiger partial charge in [-0.1, -0.05) is 42.8 Å². The largest absolute Gasteiger partial charge is 0.334 e. The molecule has 0 heterocycles. The minimum Gasteiger partial charge on any atom is -0.334 e. The molecular formula is C19H22ClFN2O. The molecular weight excluding hydrogens is 327 g/mol. The van der Waals surface area contributed by atoms with E-state index in [1.54, 1.807) is 36.2 Å². The second-order valence-corrected chi connectivity index (χ2v) is 6.35. The van der Waals surface area contributed by atoms with Crippen LogP contribution in [0.25, 0.3) is 0 Å². The summed E-state index contributed by atoms with van der Waals surface area (Å²) in [7, 11) is 3.59. The monoisotopic (exact) mass is 348 g/mol. The minimum atomic E-state index is -0.300. The van der Waals surface area contributed by atoms with Gasteiger partial charge >= 0.3 is 0 Å².